The first-order chi connectivity index (χ1) is 9.19. The van der Waals surface area contributed by atoms with Gasteiger partial charge >= 0.3 is 6.55 Å². The van der Waals surface area contributed by atoms with Gasteiger partial charge in [0.25, 0.3) is 0 Å². The summed E-state index contributed by atoms with van der Waals surface area (Å²) in [6, 6.07) is 0.495. The Morgan fingerprint density at radius 3 is 2.63 bits per heavy atom. The van der Waals surface area contributed by atoms with Crippen molar-refractivity contribution in [2.75, 3.05) is 13.1 Å². The Morgan fingerprint density at radius 2 is 2.16 bits per heavy atom. The van der Waals surface area contributed by atoms with Crippen LogP contribution < -0.4 is 0 Å². The van der Waals surface area contributed by atoms with Gasteiger partial charge in [0.05, 0.1) is 6.20 Å². The summed E-state index contributed by atoms with van der Waals surface area (Å²) >= 11 is 0. The fourth-order valence-corrected chi connectivity index (χ4v) is 2.97. The number of rotatable bonds is 3. The molecule has 1 aromatic rings. The van der Waals surface area contributed by atoms with Crippen LogP contribution in [0.1, 0.15) is 39.3 Å². The maximum Gasteiger partial charge on any atom is 0.333 e. The van der Waals surface area contributed by atoms with Crippen LogP contribution in [0.25, 0.3) is 5.57 Å². The van der Waals surface area contributed by atoms with Crippen LogP contribution in [0.5, 0.6) is 0 Å². The third-order valence-electron chi connectivity index (χ3n) is 3.80. The van der Waals surface area contributed by atoms with Crippen LogP contribution >= 0.6 is 0 Å². The van der Waals surface area contributed by atoms with E-state index in [1.54, 1.807) is 6.20 Å². The average molecular weight is 269 g/mol. The van der Waals surface area contributed by atoms with Crippen molar-refractivity contribution >= 4 is 5.57 Å². The molecule has 2 heterocycles. The lowest BCUT2D eigenvalue weighted by Crippen LogP contribution is -2.30. The molecule has 3 rings (SSSR count). The van der Waals surface area contributed by atoms with E-state index in [2.05, 4.69) is 23.0 Å². The summed E-state index contributed by atoms with van der Waals surface area (Å²) < 4.78 is 25.6. The number of hydrogen-bond acceptors (Lipinski definition) is 2. The minimum Gasteiger partial charge on any atom is -0.297 e. The molecule has 2 unspecified atom stereocenters. The molecule has 0 saturated carbocycles. The monoisotopic (exact) mass is 269 g/mol. The predicted molar refractivity (Wildman–Crippen MR) is 71.9 cm³/mol. The highest BCUT2D eigenvalue weighted by atomic mass is 19.3. The van der Waals surface area contributed by atoms with Crippen LogP contribution in [0.4, 0.5) is 8.78 Å². The van der Waals surface area contributed by atoms with Crippen molar-refractivity contribution in [2.24, 2.45) is 5.92 Å². The molecule has 1 aliphatic heterocycles. The standard InChI is InChI=1S/C12H15F2N3.C2H6/c1-2-16-6-8-3-10(16)4-11(8)9-5-15-17(7-9)12(13)14;1-2/h4-5,7-8,10,12H,2-3,6H2,1H3;1-2H3. The van der Waals surface area contributed by atoms with Crippen LogP contribution in [0.3, 0.4) is 0 Å². The Bertz CT molecular complexity index is 453. The molecule has 0 radical (unpaired) electrons. The van der Waals surface area contributed by atoms with Crippen LogP contribution in [0.15, 0.2) is 18.5 Å². The van der Waals surface area contributed by atoms with E-state index in [0.717, 1.165) is 29.8 Å². The summed E-state index contributed by atoms with van der Waals surface area (Å²) in [5.74, 6) is 0.496. The lowest BCUT2D eigenvalue weighted by molar-refractivity contribution is 0.0566. The Labute approximate surface area is 112 Å². The molecule has 0 amide bonds. The third-order valence-corrected chi connectivity index (χ3v) is 3.80. The van der Waals surface area contributed by atoms with Crippen molar-refractivity contribution in [1.29, 1.82) is 0 Å². The van der Waals surface area contributed by atoms with Gasteiger partial charge < -0.3 is 0 Å². The Balaban J connectivity index is 0.000000637. The fourth-order valence-electron chi connectivity index (χ4n) is 2.97. The number of aromatic nitrogens is 2. The second kappa shape index (κ2) is 5.82. The molecule has 19 heavy (non-hydrogen) atoms. The van der Waals surface area contributed by atoms with E-state index in [-0.39, 0.29) is 0 Å². The van der Waals surface area contributed by atoms with Gasteiger partial charge in [0.1, 0.15) is 0 Å². The Kier molecular flexibility index (Phi) is 4.34. The van der Waals surface area contributed by atoms with E-state index in [1.807, 2.05) is 13.8 Å². The van der Waals surface area contributed by atoms with Crippen LogP contribution in [-0.4, -0.2) is 33.8 Å². The predicted octanol–water partition coefficient (Wildman–Crippen LogP) is 3.41. The SMILES string of the molecule is CC.CCN1CC2CC1C=C2c1cnn(C(F)F)c1. The molecule has 1 saturated heterocycles. The summed E-state index contributed by atoms with van der Waals surface area (Å²) in [6.07, 6.45) is 6.34. The highest BCUT2D eigenvalue weighted by Gasteiger charge is 2.38. The summed E-state index contributed by atoms with van der Waals surface area (Å²) in [7, 11) is 0. The fraction of sp³-hybridized carbons (Fsp3) is 0.643. The molecule has 2 bridgehead atoms. The van der Waals surface area contributed by atoms with Crippen molar-refractivity contribution in [3.63, 3.8) is 0 Å². The minimum atomic E-state index is -2.55. The summed E-state index contributed by atoms with van der Waals surface area (Å²) in [5, 5.41) is 3.70. The van der Waals surface area contributed by atoms with Crippen LogP contribution in [-0.2, 0) is 0 Å². The van der Waals surface area contributed by atoms with Crippen LogP contribution in [0, 0.1) is 5.92 Å². The zero-order valence-electron chi connectivity index (χ0n) is 11.7. The maximum absolute atomic E-state index is 12.4. The van der Waals surface area contributed by atoms with Gasteiger partial charge in [-0.3, -0.25) is 4.90 Å². The first-order valence-electron chi connectivity index (χ1n) is 6.97. The van der Waals surface area contributed by atoms with Gasteiger partial charge in [-0.1, -0.05) is 26.8 Å². The molecule has 0 N–H and O–H groups in total. The zero-order valence-corrected chi connectivity index (χ0v) is 11.7. The lowest BCUT2D eigenvalue weighted by atomic mass is 9.98. The van der Waals surface area contributed by atoms with Gasteiger partial charge in [-0.2, -0.15) is 13.9 Å². The van der Waals surface area contributed by atoms with Gasteiger partial charge in [-0.05, 0) is 24.5 Å². The largest absolute Gasteiger partial charge is 0.333 e. The number of fused-ring (bicyclic) bond motifs is 2. The van der Waals surface area contributed by atoms with E-state index in [1.165, 1.54) is 11.8 Å². The van der Waals surface area contributed by atoms with E-state index < -0.39 is 6.55 Å². The van der Waals surface area contributed by atoms with Gasteiger partial charge in [0.2, 0.25) is 0 Å². The van der Waals surface area contributed by atoms with Crippen LogP contribution in [0.2, 0.25) is 0 Å². The molecular weight excluding hydrogens is 248 g/mol. The second-order valence-electron chi connectivity index (χ2n) is 4.70. The first kappa shape index (κ1) is 14.2. The molecule has 1 fully saturated rings. The van der Waals surface area contributed by atoms with Crippen molar-refractivity contribution in [3.8, 4) is 0 Å². The second-order valence-corrected chi connectivity index (χ2v) is 4.70. The highest BCUT2D eigenvalue weighted by Crippen LogP contribution is 2.42. The molecule has 5 heteroatoms. The van der Waals surface area contributed by atoms with Gasteiger partial charge in [-0.15, -0.1) is 0 Å². The third kappa shape index (κ3) is 2.56. The number of nitrogens with zero attached hydrogens (tertiary/aromatic N) is 3. The molecule has 106 valence electrons. The van der Waals surface area contributed by atoms with Crippen molar-refractivity contribution < 1.29 is 8.78 Å². The molecule has 0 aromatic carbocycles. The first-order valence-corrected chi connectivity index (χ1v) is 6.97. The van der Waals surface area contributed by atoms with Crippen molar-refractivity contribution in [2.45, 2.75) is 39.8 Å². The highest BCUT2D eigenvalue weighted by molar-refractivity contribution is 5.70. The molecule has 3 nitrogen and oxygen atoms in total. The smallest absolute Gasteiger partial charge is 0.297 e. The minimum absolute atomic E-state index is 0.495. The van der Waals surface area contributed by atoms with Gasteiger partial charge in [0, 0.05) is 24.3 Å². The lowest BCUT2D eigenvalue weighted by Gasteiger charge is -2.23. The molecule has 2 atom stereocenters. The molecule has 0 spiro atoms. The zero-order chi connectivity index (χ0) is 14.0. The molecule has 1 aliphatic carbocycles. The van der Waals surface area contributed by atoms with E-state index >= 15 is 0 Å². The molecule has 1 aromatic heterocycles. The summed E-state index contributed by atoms with van der Waals surface area (Å²) in [5.41, 5.74) is 2.06. The van der Waals surface area contributed by atoms with E-state index in [0.29, 0.717) is 12.0 Å². The number of alkyl halides is 2. The normalized spacial score (nSPS) is 25.5. The topological polar surface area (TPSA) is 21.1 Å². The quantitative estimate of drug-likeness (QED) is 0.838. The number of likely N-dealkylation sites (tertiary alicyclic amines) is 1. The summed E-state index contributed by atoms with van der Waals surface area (Å²) in [4.78, 5) is 2.42. The molecular formula is C14H21F2N3. The van der Waals surface area contributed by atoms with Gasteiger partial charge in [-0.25, -0.2) is 4.68 Å². The van der Waals surface area contributed by atoms with E-state index in [4.69, 9.17) is 0 Å². The van der Waals surface area contributed by atoms with Crippen molar-refractivity contribution in [1.82, 2.24) is 14.7 Å². The summed E-state index contributed by atoms with van der Waals surface area (Å²) in [6.45, 7) is 5.71. The Morgan fingerprint density at radius 1 is 1.42 bits per heavy atom. The molecule has 2 aliphatic rings. The Hall–Kier alpha value is -1.23. The van der Waals surface area contributed by atoms with Gasteiger partial charge in [0.15, 0.2) is 0 Å². The number of likely N-dealkylation sites (N-methyl/N-ethyl adjacent to an activating group) is 1. The van der Waals surface area contributed by atoms with E-state index in [9.17, 15) is 8.78 Å². The number of hydrogen-bond donors (Lipinski definition) is 0. The van der Waals surface area contributed by atoms with Crippen molar-refractivity contribution in [3.05, 3.63) is 24.0 Å². The number of halogens is 2. The average Bonchev–Trinajstić information content (AvgIpc) is 3.14. The maximum atomic E-state index is 12.4.